The molecule has 170 valence electrons. The van der Waals surface area contributed by atoms with Crippen LogP contribution in [0.3, 0.4) is 0 Å². The van der Waals surface area contributed by atoms with E-state index in [1.807, 2.05) is 37.3 Å². The Balaban J connectivity index is 1.57. The summed E-state index contributed by atoms with van der Waals surface area (Å²) in [5.74, 6) is 1.88. The second kappa shape index (κ2) is 10.2. The van der Waals surface area contributed by atoms with Gasteiger partial charge in [0.1, 0.15) is 5.82 Å². The van der Waals surface area contributed by atoms with Crippen molar-refractivity contribution < 1.29 is 0 Å². The number of aromatic amines is 1. The average molecular weight is 444 g/mol. The topological polar surface area (TPSA) is 94.3 Å². The Hall–Kier alpha value is -3.81. The van der Waals surface area contributed by atoms with Crippen LogP contribution in [-0.2, 0) is 19.5 Å². The van der Waals surface area contributed by atoms with E-state index in [9.17, 15) is 4.79 Å². The lowest BCUT2D eigenvalue weighted by Crippen LogP contribution is -2.26. The highest BCUT2D eigenvalue weighted by Crippen LogP contribution is 2.24. The fraction of sp³-hybridized carbons (Fsp3) is 0.320. The summed E-state index contributed by atoms with van der Waals surface area (Å²) in [6.07, 6.45) is 5.59. The van der Waals surface area contributed by atoms with Crippen molar-refractivity contribution in [1.82, 2.24) is 35.0 Å². The van der Waals surface area contributed by atoms with Gasteiger partial charge in [0.25, 0.3) is 0 Å². The molecule has 0 amide bonds. The van der Waals surface area contributed by atoms with Crippen molar-refractivity contribution in [3.8, 4) is 22.5 Å². The minimum absolute atomic E-state index is 0.0490. The minimum atomic E-state index is -0.0490. The van der Waals surface area contributed by atoms with Gasteiger partial charge < -0.3 is 0 Å². The normalized spacial score (nSPS) is 11.6. The van der Waals surface area contributed by atoms with Gasteiger partial charge in [0.15, 0.2) is 0 Å². The maximum atomic E-state index is 13.0. The molecular formula is C25H29N7O. The van der Waals surface area contributed by atoms with Gasteiger partial charge in [-0.25, -0.2) is 9.48 Å². The molecular weight excluding hydrogens is 414 g/mol. The van der Waals surface area contributed by atoms with Gasteiger partial charge in [0.05, 0.1) is 6.54 Å². The van der Waals surface area contributed by atoms with Crippen LogP contribution in [0.25, 0.3) is 22.5 Å². The largest absolute Gasteiger partial charge is 0.346 e. The summed E-state index contributed by atoms with van der Waals surface area (Å²) in [6, 6.07) is 16.3. The molecule has 0 aliphatic rings. The van der Waals surface area contributed by atoms with Gasteiger partial charge >= 0.3 is 5.69 Å². The standard InChI is InChI=1S/C25H29N7O/c1-4-5-9-23-28-32(15-14-18(2)3)25(33)31(23)17-19-10-12-20(13-11-19)21-7-6-8-22(16-21)24-26-29-30-27-24/h4-8,10-13,16,18H,9,14-15,17H2,1-3H3,(H,26,27,29,30)/b5-4+. The number of allylic oxidation sites excluding steroid dienone is 2. The second-order valence-corrected chi connectivity index (χ2v) is 8.48. The van der Waals surface area contributed by atoms with E-state index in [0.29, 0.717) is 31.3 Å². The fourth-order valence-electron chi connectivity index (χ4n) is 3.65. The predicted molar refractivity (Wildman–Crippen MR) is 129 cm³/mol. The van der Waals surface area contributed by atoms with Crippen molar-refractivity contribution in [3.05, 3.63) is 82.6 Å². The van der Waals surface area contributed by atoms with E-state index >= 15 is 0 Å². The quantitative estimate of drug-likeness (QED) is 0.393. The summed E-state index contributed by atoms with van der Waals surface area (Å²) >= 11 is 0. The van der Waals surface area contributed by atoms with Crippen LogP contribution in [0.2, 0.25) is 0 Å². The molecule has 2 aromatic carbocycles. The van der Waals surface area contributed by atoms with E-state index in [2.05, 4.69) is 69.9 Å². The summed E-state index contributed by atoms with van der Waals surface area (Å²) < 4.78 is 3.39. The lowest BCUT2D eigenvalue weighted by molar-refractivity contribution is 0.473. The van der Waals surface area contributed by atoms with E-state index < -0.39 is 0 Å². The zero-order valence-corrected chi connectivity index (χ0v) is 19.3. The van der Waals surface area contributed by atoms with Gasteiger partial charge in [-0.05, 0) is 47.2 Å². The molecule has 0 unspecified atom stereocenters. The Morgan fingerprint density at radius 2 is 1.85 bits per heavy atom. The molecule has 33 heavy (non-hydrogen) atoms. The van der Waals surface area contributed by atoms with Crippen LogP contribution in [0.1, 0.15) is 38.6 Å². The molecule has 2 aromatic heterocycles. The van der Waals surface area contributed by atoms with Crippen LogP contribution < -0.4 is 5.69 Å². The Bertz CT molecular complexity index is 1270. The van der Waals surface area contributed by atoms with E-state index in [0.717, 1.165) is 34.5 Å². The van der Waals surface area contributed by atoms with Crippen molar-refractivity contribution in [2.24, 2.45) is 5.92 Å². The van der Waals surface area contributed by atoms with Gasteiger partial charge in [0.2, 0.25) is 5.82 Å². The van der Waals surface area contributed by atoms with Crippen molar-refractivity contribution in [2.75, 3.05) is 0 Å². The van der Waals surface area contributed by atoms with E-state index in [1.165, 1.54) is 0 Å². The first-order valence-corrected chi connectivity index (χ1v) is 11.3. The third-order valence-electron chi connectivity index (χ3n) is 5.55. The maximum absolute atomic E-state index is 13.0. The molecule has 0 fully saturated rings. The number of hydrogen-bond donors (Lipinski definition) is 1. The van der Waals surface area contributed by atoms with Gasteiger partial charge in [-0.3, -0.25) is 4.57 Å². The molecule has 0 saturated carbocycles. The second-order valence-electron chi connectivity index (χ2n) is 8.48. The molecule has 0 spiro atoms. The molecule has 1 N–H and O–H groups in total. The van der Waals surface area contributed by atoms with E-state index in [-0.39, 0.29) is 5.69 Å². The van der Waals surface area contributed by atoms with Gasteiger partial charge in [-0.15, -0.1) is 10.2 Å². The zero-order valence-electron chi connectivity index (χ0n) is 19.3. The number of aromatic nitrogens is 7. The van der Waals surface area contributed by atoms with Crippen LogP contribution in [0, 0.1) is 5.92 Å². The molecule has 2 heterocycles. The molecule has 0 bridgehead atoms. The Kier molecular flexibility index (Phi) is 6.92. The van der Waals surface area contributed by atoms with Crippen molar-refractivity contribution in [3.63, 3.8) is 0 Å². The number of tetrazole rings is 1. The predicted octanol–water partition coefficient (Wildman–Crippen LogP) is 4.10. The molecule has 8 heteroatoms. The molecule has 4 aromatic rings. The monoisotopic (exact) mass is 443 g/mol. The van der Waals surface area contributed by atoms with Crippen LogP contribution in [0.5, 0.6) is 0 Å². The Morgan fingerprint density at radius 1 is 1.06 bits per heavy atom. The van der Waals surface area contributed by atoms with Gasteiger partial charge in [0, 0.05) is 18.5 Å². The Labute approximate surface area is 193 Å². The molecule has 0 aliphatic carbocycles. The van der Waals surface area contributed by atoms with Crippen LogP contribution >= 0.6 is 0 Å². The molecule has 8 nitrogen and oxygen atoms in total. The highest BCUT2D eigenvalue weighted by atomic mass is 16.2. The first-order valence-electron chi connectivity index (χ1n) is 11.3. The number of nitrogens with one attached hydrogen (secondary N) is 1. The lowest BCUT2D eigenvalue weighted by atomic mass is 10.0. The van der Waals surface area contributed by atoms with Crippen molar-refractivity contribution >= 4 is 0 Å². The summed E-state index contributed by atoms with van der Waals surface area (Å²) in [5.41, 5.74) is 4.06. The highest BCUT2D eigenvalue weighted by molar-refractivity contribution is 5.70. The SMILES string of the molecule is C/C=C/Cc1nn(CCC(C)C)c(=O)n1Cc1ccc(-c2cccc(-c3nn[nH]n3)c2)cc1. The van der Waals surface area contributed by atoms with Gasteiger partial charge in [-0.2, -0.15) is 10.3 Å². The smallest absolute Gasteiger partial charge is 0.274 e. The molecule has 4 rings (SSSR count). The van der Waals surface area contributed by atoms with Crippen LogP contribution in [0.15, 0.2) is 65.5 Å². The first kappa shape index (κ1) is 22.4. The Morgan fingerprint density at radius 3 is 2.55 bits per heavy atom. The molecule has 0 aliphatic heterocycles. The fourth-order valence-corrected chi connectivity index (χ4v) is 3.65. The minimum Gasteiger partial charge on any atom is -0.274 e. The van der Waals surface area contributed by atoms with Gasteiger partial charge in [-0.1, -0.05) is 68.5 Å². The molecule has 0 radical (unpaired) electrons. The molecule has 0 atom stereocenters. The summed E-state index contributed by atoms with van der Waals surface area (Å²) in [7, 11) is 0. The van der Waals surface area contributed by atoms with Crippen molar-refractivity contribution in [2.45, 2.75) is 46.7 Å². The zero-order chi connectivity index (χ0) is 23.2. The number of nitrogens with zero attached hydrogens (tertiary/aromatic N) is 6. The highest BCUT2D eigenvalue weighted by Gasteiger charge is 2.13. The van der Waals surface area contributed by atoms with E-state index in [4.69, 9.17) is 0 Å². The number of rotatable bonds is 9. The maximum Gasteiger partial charge on any atom is 0.346 e. The number of aryl methyl sites for hydroxylation is 1. The number of H-pyrrole nitrogens is 1. The first-order chi connectivity index (χ1) is 16.0. The lowest BCUT2D eigenvalue weighted by Gasteiger charge is -2.07. The summed E-state index contributed by atoms with van der Waals surface area (Å²) in [4.78, 5) is 13.0. The number of hydrogen-bond acceptors (Lipinski definition) is 5. The third-order valence-corrected chi connectivity index (χ3v) is 5.55. The van der Waals surface area contributed by atoms with Crippen LogP contribution in [-0.4, -0.2) is 35.0 Å². The average Bonchev–Trinajstić information content (AvgIpc) is 3.46. The number of benzene rings is 2. The van der Waals surface area contributed by atoms with Crippen molar-refractivity contribution in [1.29, 1.82) is 0 Å². The van der Waals surface area contributed by atoms with E-state index in [1.54, 1.807) is 9.25 Å². The summed E-state index contributed by atoms with van der Waals surface area (Å²) in [6.45, 7) is 7.42. The summed E-state index contributed by atoms with van der Waals surface area (Å²) in [5, 5.41) is 18.8. The third kappa shape index (κ3) is 5.34. The van der Waals surface area contributed by atoms with Crippen LogP contribution in [0.4, 0.5) is 0 Å². The molecule has 0 saturated heterocycles.